The molecule has 2 aliphatic rings. The Bertz CT molecular complexity index is 423. The molecule has 0 bridgehead atoms. The molecule has 3 rings (SSSR count). The molecule has 2 N–H and O–H groups in total. The summed E-state index contributed by atoms with van der Waals surface area (Å²) in [6.45, 7) is 0. The second-order valence-electron chi connectivity index (χ2n) is 5.89. The summed E-state index contributed by atoms with van der Waals surface area (Å²) in [5.41, 5.74) is 5.53. The van der Waals surface area contributed by atoms with E-state index in [0.29, 0.717) is 6.04 Å². The van der Waals surface area contributed by atoms with Crippen molar-refractivity contribution in [3.63, 3.8) is 0 Å². The molecule has 0 amide bonds. The van der Waals surface area contributed by atoms with Gasteiger partial charge in [-0.2, -0.15) is 0 Å². The van der Waals surface area contributed by atoms with Crippen molar-refractivity contribution in [1.29, 1.82) is 0 Å². The molecule has 0 saturated heterocycles. The number of hydrogen-bond donors (Lipinski definition) is 1. The standard InChI is InChI=1S/C10H16N2.C5H11N.Pt/c1-11-7-8-12(9-11)10-5-3-2-4-6-10;6-5-3-1-2-4-5;/h7-8,10H,2-6H2,1H3;5H,1-4,6H2;. The summed E-state index contributed by atoms with van der Waals surface area (Å²) in [4.78, 5) is 0. The van der Waals surface area contributed by atoms with Gasteiger partial charge in [0.05, 0.1) is 0 Å². The van der Waals surface area contributed by atoms with Crippen molar-refractivity contribution < 1.29 is 19.4 Å². The minimum atomic E-state index is 0.546. The van der Waals surface area contributed by atoms with Crippen molar-refractivity contribution in [1.82, 2.24) is 9.13 Å². The van der Waals surface area contributed by atoms with Gasteiger partial charge in [0.25, 0.3) is 0 Å². The Morgan fingerprint density at radius 1 is 1.00 bits per heavy atom. The molecule has 0 atom stereocenters. The zero-order chi connectivity index (χ0) is 13.7. The topological polar surface area (TPSA) is 35.9 Å². The first-order valence-electron chi connectivity index (χ1n) is 7.63. The molecular weight excluding hydrogens is 417 g/mol. The number of hydrogen-bond acceptors (Lipinski definition) is 1. The van der Waals surface area contributed by atoms with Crippen LogP contribution in [0.25, 0.3) is 0 Å². The minimum Gasteiger partial charge on any atom is -0.328 e. The molecule has 3 nitrogen and oxygen atoms in total. The maximum absolute atomic E-state index is 5.53. The first kappa shape index (κ1) is 15.3. The van der Waals surface area contributed by atoms with Gasteiger partial charge in [0, 0.05) is 6.04 Å². The molecule has 1 aromatic heterocycles. The predicted octanol–water partition coefficient (Wildman–Crippen LogP) is 3.30. The van der Waals surface area contributed by atoms with E-state index in [1.54, 1.807) is 0 Å². The average Bonchev–Trinajstić information content (AvgIpc) is 3.03. The molecule has 112 valence electrons. The summed E-state index contributed by atoms with van der Waals surface area (Å²) in [5.74, 6) is 0. The number of imidazole rings is 1. The summed E-state index contributed by atoms with van der Waals surface area (Å²) in [6, 6.07) is 1.31. The second kappa shape index (κ2) is 7.59. The van der Waals surface area contributed by atoms with E-state index >= 15 is 0 Å². The van der Waals surface area contributed by atoms with Gasteiger partial charge in [0.15, 0.2) is 0 Å². The van der Waals surface area contributed by atoms with E-state index < -0.39 is 0 Å². The van der Waals surface area contributed by atoms with Crippen LogP contribution in [0.3, 0.4) is 0 Å². The van der Waals surface area contributed by atoms with Crippen LogP contribution in [0, 0.1) is 3.80 Å². The number of nitrogens with zero attached hydrogens (tertiary/aromatic N) is 2. The first-order chi connectivity index (χ1) is 9.18. The normalized spacial score (nSPS) is 21.3. The van der Waals surface area contributed by atoms with Crippen molar-refractivity contribution in [3.8, 4) is 0 Å². The van der Waals surface area contributed by atoms with Crippen molar-refractivity contribution in [3.05, 3.63) is 16.2 Å². The van der Waals surface area contributed by atoms with Crippen molar-refractivity contribution in [2.24, 2.45) is 12.8 Å². The molecule has 0 spiro atoms. The summed E-state index contributed by atoms with van der Waals surface area (Å²) < 4.78 is 5.98. The van der Waals surface area contributed by atoms with E-state index in [1.807, 2.05) is 0 Å². The molecule has 2 aliphatic carbocycles. The first-order valence-corrected chi connectivity index (χ1v) is 8.76. The Morgan fingerprint density at radius 3 is 2.00 bits per heavy atom. The van der Waals surface area contributed by atoms with Gasteiger partial charge in [-0.05, 0) is 12.8 Å². The van der Waals surface area contributed by atoms with Gasteiger partial charge in [-0.1, -0.05) is 12.8 Å². The van der Waals surface area contributed by atoms with E-state index in [4.69, 9.17) is 5.73 Å². The minimum absolute atomic E-state index is 0.546. The van der Waals surface area contributed by atoms with Gasteiger partial charge < -0.3 is 5.73 Å². The third kappa shape index (κ3) is 4.42. The van der Waals surface area contributed by atoms with Crippen molar-refractivity contribution in [2.45, 2.75) is 69.9 Å². The van der Waals surface area contributed by atoms with Gasteiger partial charge in [0.2, 0.25) is 0 Å². The van der Waals surface area contributed by atoms with Crippen LogP contribution in [0.2, 0.25) is 0 Å². The maximum atomic E-state index is 5.53. The fourth-order valence-electron chi connectivity index (χ4n) is 3.05. The fraction of sp³-hybridized carbons (Fsp3) is 0.800. The molecule has 4 heteroatoms. The van der Waals surface area contributed by atoms with Gasteiger partial charge in [-0.15, -0.1) is 0 Å². The average molecular weight is 444 g/mol. The number of aromatic nitrogens is 2. The summed E-state index contributed by atoms with van der Waals surface area (Å²) in [7, 11) is 2.11. The Labute approximate surface area is 127 Å². The van der Waals surface area contributed by atoms with Crippen LogP contribution in [0.1, 0.15) is 63.8 Å². The van der Waals surface area contributed by atoms with Gasteiger partial charge in [0.1, 0.15) is 0 Å². The van der Waals surface area contributed by atoms with E-state index in [-0.39, 0.29) is 0 Å². The quantitative estimate of drug-likeness (QED) is 0.709. The zero-order valence-electron chi connectivity index (χ0n) is 12.0. The Balaban J connectivity index is 0.000000186. The van der Waals surface area contributed by atoms with Gasteiger partial charge >= 0.3 is 89.9 Å². The maximum Gasteiger partial charge on any atom is 0.00388 e. The zero-order valence-corrected chi connectivity index (χ0v) is 14.2. The van der Waals surface area contributed by atoms with Crippen LogP contribution in [0.5, 0.6) is 0 Å². The van der Waals surface area contributed by atoms with Crippen LogP contribution >= 0.6 is 0 Å². The van der Waals surface area contributed by atoms with Crippen LogP contribution in [-0.2, 0) is 26.4 Å². The fourth-order valence-corrected chi connectivity index (χ4v) is 3.80. The van der Waals surface area contributed by atoms with E-state index in [0.717, 1.165) is 6.04 Å². The Morgan fingerprint density at radius 2 is 1.58 bits per heavy atom. The Hall–Kier alpha value is -0.142. The molecular formula is C15H27N3Pt. The molecule has 0 aromatic carbocycles. The third-order valence-electron chi connectivity index (χ3n) is 4.29. The summed E-state index contributed by atoms with van der Waals surface area (Å²) in [5, 5.41) is 0. The molecule has 1 aromatic rings. The molecule has 19 heavy (non-hydrogen) atoms. The number of nitrogens with two attached hydrogens (primary N) is 1. The molecule has 0 aliphatic heterocycles. The molecule has 0 radical (unpaired) electrons. The van der Waals surface area contributed by atoms with Crippen LogP contribution in [0.15, 0.2) is 12.4 Å². The van der Waals surface area contributed by atoms with Crippen molar-refractivity contribution in [2.75, 3.05) is 0 Å². The van der Waals surface area contributed by atoms with E-state index in [2.05, 4.69) is 47.9 Å². The van der Waals surface area contributed by atoms with Gasteiger partial charge in [-0.25, -0.2) is 0 Å². The van der Waals surface area contributed by atoms with E-state index in [1.165, 1.54) is 61.6 Å². The largest absolute Gasteiger partial charge is 0.328 e. The summed E-state index contributed by atoms with van der Waals surface area (Å²) >= 11 is 2.41. The van der Waals surface area contributed by atoms with E-state index in [9.17, 15) is 0 Å². The smallest absolute Gasteiger partial charge is 0.00388 e. The van der Waals surface area contributed by atoms with Crippen LogP contribution in [0.4, 0.5) is 0 Å². The number of aryl methyl sites for hydroxylation is 1. The second-order valence-corrected chi connectivity index (χ2v) is 6.91. The Kier molecular flexibility index (Phi) is 6.09. The monoisotopic (exact) mass is 444 g/mol. The summed E-state index contributed by atoms with van der Waals surface area (Å²) in [6.07, 6.45) is 16.6. The SMILES string of the molecule is Cn1ccn(C2CCCCC2)[c]1=[Pt].NC1CCCC1. The predicted molar refractivity (Wildman–Crippen MR) is 75.2 cm³/mol. The van der Waals surface area contributed by atoms with Crippen LogP contribution < -0.4 is 5.73 Å². The van der Waals surface area contributed by atoms with Gasteiger partial charge in [-0.3, -0.25) is 0 Å². The molecule has 0 unspecified atom stereocenters. The van der Waals surface area contributed by atoms with Crippen LogP contribution in [-0.4, -0.2) is 15.2 Å². The number of rotatable bonds is 1. The van der Waals surface area contributed by atoms with Crippen molar-refractivity contribution >= 4 is 0 Å². The molecule has 2 fully saturated rings. The molecule has 1 heterocycles. The molecule has 2 saturated carbocycles. The third-order valence-corrected chi connectivity index (χ3v) is 5.67.